The molecule has 0 atom stereocenters. The van der Waals surface area contributed by atoms with Gasteiger partial charge in [-0.1, -0.05) is 0 Å². The Labute approximate surface area is 108 Å². The molecule has 2 aromatic rings. The van der Waals surface area contributed by atoms with E-state index in [1.54, 1.807) is 0 Å². The van der Waals surface area contributed by atoms with Crippen molar-refractivity contribution in [3.05, 3.63) is 28.2 Å². The first-order valence-corrected chi connectivity index (χ1v) is 5.44. The summed E-state index contributed by atoms with van der Waals surface area (Å²) in [6.07, 6.45) is 0. The van der Waals surface area contributed by atoms with Crippen LogP contribution in [-0.2, 0) is 0 Å². The highest BCUT2D eigenvalue weighted by Crippen LogP contribution is 2.33. The molecule has 18 heavy (non-hydrogen) atoms. The number of aromatic amines is 1. The number of halogens is 3. The molecule has 1 aromatic carbocycles. The number of aromatic nitrogens is 2. The minimum atomic E-state index is -1.12. The van der Waals surface area contributed by atoms with Gasteiger partial charge in [-0.3, -0.25) is 5.10 Å². The van der Waals surface area contributed by atoms with E-state index >= 15 is 0 Å². The van der Waals surface area contributed by atoms with E-state index in [9.17, 15) is 8.78 Å². The maximum absolute atomic E-state index is 13.4. The first-order valence-electron chi connectivity index (χ1n) is 4.65. The molecule has 1 aromatic heterocycles. The highest BCUT2D eigenvalue weighted by molar-refractivity contribution is 9.10. The quantitative estimate of drug-likeness (QED) is 0.585. The second-order valence-corrected chi connectivity index (χ2v) is 4.12. The molecule has 0 saturated carbocycles. The topological polar surface area (TPSA) is 105 Å². The molecular weight excluding hydrogens is 310 g/mol. The van der Waals surface area contributed by atoms with Gasteiger partial charge in [0.05, 0.1) is 0 Å². The van der Waals surface area contributed by atoms with Crippen LogP contribution in [0.2, 0.25) is 0 Å². The fraction of sp³-hybridized carbons (Fsp3) is 0. The van der Waals surface area contributed by atoms with Crippen LogP contribution in [0.5, 0.6) is 0 Å². The van der Waals surface area contributed by atoms with Crippen molar-refractivity contribution in [3.8, 4) is 0 Å². The monoisotopic (exact) mass is 316 g/mol. The van der Waals surface area contributed by atoms with Crippen molar-refractivity contribution in [2.45, 2.75) is 0 Å². The Morgan fingerprint density at radius 1 is 1.17 bits per heavy atom. The van der Waals surface area contributed by atoms with E-state index in [-0.39, 0.29) is 27.5 Å². The Morgan fingerprint density at radius 2 is 1.83 bits per heavy atom. The van der Waals surface area contributed by atoms with E-state index in [0.29, 0.717) is 0 Å². The van der Waals surface area contributed by atoms with E-state index in [0.717, 1.165) is 6.07 Å². The van der Waals surface area contributed by atoms with Gasteiger partial charge in [0.25, 0.3) is 0 Å². The first kappa shape index (κ1) is 12.4. The van der Waals surface area contributed by atoms with Crippen molar-refractivity contribution in [2.24, 2.45) is 10.2 Å². The largest absolute Gasteiger partial charge is 0.382 e. The predicted octanol–water partition coefficient (Wildman–Crippen LogP) is 3.03. The summed E-state index contributed by atoms with van der Waals surface area (Å²) in [5.74, 6) is -2.04. The lowest BCUT2D eigenvalue weighted by atomic mass is 10.3. The number of rotatable bonds is 2. The number of nitrogen functional groups attached to an aromatic ring is 2. The number of H-pyrrole nitrogens is 1. The number of benzene rings is 1. The van der Waals surface area contributed by atoms with Gasteiger partial charge < -0.3 is 11.5 Å². The van der Waals surface area contributed by atoms with E-state index in [1.165, 1.54) is 6.07 Å². The number of nitrogens with zero attached hydrogens (tertiary/aromatic N) is 3. The van der Waals surface area contributed by atoms with Gasteiger partial charge in [-0.2, -0.15) is 5.10 Å². The number of hydrogen-bond donors (Lipinski definition) is 3. The molecule has 0 aliphatic carbocycles. The van der Waals surface area contributed by atoms with E-state index < -0.39 is 11.6 Å². The molecule has 0 amide bonds. The van der Waals surface area contributed by atoms with Gasteiger partial charge in [-0.25, -0.2) is 8.78 Å². The van der Waals surface area contributed by atoms with Crippen LogP contribution in [0.1, 0.15) is 0 Å². The zero-order chi connectivity index (χ0) is 13.3. The lowest BCUT2D eigenvalue weighted by molar-refractivity contribution is 0.509. The van der Waals surface area contributed by atoms with Crippen LogP contribution in [0.4, 0.5) is 31.8 Å². The van der Waals surface area contributed by atoms with E-state index in [4.69, 9.17) is 11.5 Å². The molecule has 5 N–H and O–H groups in total. The number of hydrogen-bond acceptors (Lipinski definition) is 5. The Balaban J connectivity index is 2.44. The molecular formula is C9H7BrF2N6. The van der Waals surface area contributed by atoms with Crippen LogP contribution < -0.4 is 11.5 Å². The fourth-order valence-electron chi connectivity index (χ4n) is 1.18. The zero-order valence-corrected chi connectivity index (χ0v) is 10.4. The third kappa shape index (κ3) is 2.16. The number of nitrogens with one attached hydrogen (secondary N) is 1. The van der Waals surface area contributed by atoms with Crippen LogP contribution in [0, 0.1) is 11.6 Å². The summed E-state index contributed by atoms with van der Waals surface area (Å²) >= 11 is 3.04. The third-order valence-corrected chi connectivity index (χ3v) is 2.70. The molecule has 6 nitrogen and oxygen atoms in total. The van der Waals surface area contributed by atoms with Gasteiger partial charge in [0.15, 0.2) is 23.1 Å². The molecule has 0 saturated heterocycles. The molecule has 9 heteroatoms. The normalized spacial score (nSPS) is 11.3. The molecule has 0 aliphatic heterocycles. The van der Waals surface area contributed by atoms with Gasteiger partial charge in [0.2, 0.25) is 0 Å². The Morgan fingerprint density at radius 3 is 2.44 bits per heavy atom. The van der Waals surface area contributed by atoms with Crippen molar-refractivity contribution >= 4 is 38.9 Å². The SMILES string of the molecule is Nc1n[nH]c(N)c1N=Nc1c(Br)ccc(F)c1F. The molecule has 94 valence electrons. The summed E-state index contributed by atoms with van der Waals surface area (Å²) < 4.78 is 26.7. The fourth-order valence-corrected chi connectivity index (χ4v) is 1.56. The molecule has 0 aliphatic rings. The lowest BCUT2D eigenvalue weighted by Crippen LogP contribution is -1.86. The summed E-state index contributed by atoms with van der Waals surface area (Å²) in [6.45, 7) is 0. The maximum atomic E-state index is 13.4. The summed E-state index contributed by atoms with van der Waals surface area (Å²) in [5.41, 5.74) is 10.7. The van der Waals surface area contributed by atoms with Gasteiger partial charge in [0, 0.05) is 4.47 Å². The van der Waals surface area contributed by atoms with Gasteiger partial charge >= 0.3 is 0 Å². The standard InChI is InChI=1S/C9H7BrF2N6/c10-3-1-2-4(11)5(12)6(3)15-16-7-8(13)17-18-9(7)14/h1-2H,(H5,13,14,17,18). The average molecular weight is 317 g/mol. The van der Waals surface area contributed by atoms with Crippen LogP contribution in [-0.4, -0.2) is 10.2 Å². The second kappa shape index (κ2) is 4.69. The summed E-state index contributed by atoms with van der Waals surface area (Å²) in [7, 11) is 0. The predicted molar refractivity (Wildman–Crippen MR) is 65.6 cm³/mol. The van der Waals surface area contributed by atoms with Gasteiger partial charge in [-0.05, 0) is 28.1 Å². The molecule has 1 heterocycles. The number of anilines is 2. The van der Waals surface area contributed by atoms with Crippen molar-refractivity contribution in [3.63, 3.8) is 0 Å². The molecule has 0 bridgehead atoms. The molecule has 0 unspecified atom stereocenters. The number of azo groups is 1. The Kier molecular flexibility index (Phi) is 3.24. The van der Waals surface area contributed by atoms with Crippen LogP contribution in [0.15, 0.2) is 26.8 Å². The smallest absolute Gasteiger partial charge is 0.187 e. The van der Waals surface area contributed by atoms with Crippen LogP contribution in [0.25, 0.3) is 0 Å². The minimum absolute atomic E-state index is 0.0178. The van der Waals surface area contributed by atoms with Crippen molar-refractivity contribution in [1.82, 2.24) is 10.2 Å². The third-order valence-electron chi connectivity index (χ3n) is 2.06. The number of nitrogens with two attached hydrogens (primary N) is 2. The first-order chi connectivity index (χ1) is 8.50. The zero-order valence-electron chi connectivity index (χ0n) is 8.78. The van der Waals surface area contributed by atoms with E-state index in [1.807, 2.05) is 0 Å². The summed E-state index contributed by atoms with van der Waals surface area (Å²) in [6, 6.07) is 2.29. The van der Waals surface area contributed by atoms with Gasteiger partial charge in [0.1, 0.15) is 11.5 Å². The minimum Gasteiger partial charge on any atom is -0.382 e. The molecule has 0 spiro atoms. The van der Waals surface area contributed by atoms with E-state index in [2.05, 4.69) is 36.4 Å². The lowest BCUT2D eigenvalue weighted by Gasteiger charge is -1.99. The summed E-state index contributed by atoms with van der Waals surface area (Å²) in [4.78, 5) is 0. The average Bonchev–Trinajstić information content (AvgIpc) is 2.65. The maximum Gasteiger partial charge on any atom is 0.187 e. The van der Waals surface area contributed by atoms with Crippen molar-refractivity contribution in [2.75, 3.05) is 11.5 Å². The summed E-state index contributed by atoms with van der Waals surface area (Å²) in [5, 5.41) is 13.2. The highest BCUT2D eigenvalue weighted by Gasteiger charge is 2.13. The Hall–Kier alpha value is -2.03. The van der Waals surface area contributed by atoms with Gasteiger partial charge in [-0.15, -0.1) is 10.2 Å². The highest BCUT2D eigenvalue weighted by atomic mass is 79.9. The molecule has 0 fully saturated rings. The van der Waals surface area contributed by atoms with Crippen LogP contribution >= 0.6 is 15.9 Å². The van der Waals surface area contributed by atoms with Crippen molar-refractivity contribution < 1.29 is 8.78 Å². The van der Waals surface area contributed by atoms with Crippen LogP contribution in [0.3, 0.4) is 0 Å². The second-order valence-electron chi connectivity index (χ2n) is 3.26. The Bertz CT molecular complexity index is 604. The van der Waals surface area contributed by atoms with Crippen molar-refractivity contribution in [1.29, 1.82) is 0 Å². The molecule has 2 rings (SSSR count). The molecule has 0 radical (unpaired) electrons.